The summed E-state index contributed by atoms with van der Waals surface area (Å²) < 4.78 is 27.9. The molecule has 1 saturated heterocycles. The van der Waals surface area contributed by atoms with Crippen LogP contribution in [-0.4, -0.2) is 57.0 Å². The van der Waals surface area contributed by atoms with E-state index in [1.807, 2.05) is 4.90 Å². The molecule has 25 heavy (non-hydrogen) atoms. The molecule has 1 amide bonds. The molecule has 140 valence electrons. The van der Waals surface area contributed by atoms with Gasteiger partial charge in [-0.2, -0.15) is 0 Å². The number of primary sulfonamides is 1. The van der Waals surface area contributed by atoms with Crippen LogP contribution in [0.15, 0.2) is 29.2 Å². The fraction of sp³-hybridized carbons (Fsp3) is 0.562. The molecule has 7 nitrogen and oxygen atoms in total. The van der Waals surface area contributed by atoms with Gasteiger partial charge in [-0.1, -0.05) is 6.92 Å². The molecule has 0 radical (unpaired) electrons. The maximum absolute atomic E-state index is 12.2. The van der Waals surface area contributed by atoms with Gasteiger partial charge < -0.3 is 15.4 Å². The summed E-state index contributed by atoms with van der Waals surface area (Å²) in [5, 5.41) is 5.04. The Bertz CT molecular complexity index is 694. The minimum absolute atomic E-state index is 0.0482. The molecule has 2 rings (SSSR count). The Morgan fingerprint density at radius 1 is 1.36 bits per heavy atom. The van der Waals surface area contributed by atoms with E-state index < -0.39 is 10.0 Å². The number of hydrogen-bond donors (Lipinski definition) is 2. The number of nitrogens with two attached hydrogens (primary N) is 2. The first-order chi connectivity index (χ1) is 11.7. The van der Waals surface area contributed by atoms with Crippen molar-refractivity contribution in [2.75, 3.05) is 37.7 Å². The zero-order valence-electron chi connectivity index (χ0n) is 14.3. The summed E-state index contributed by atoms with van der Waals surface area (Å²) in [5.41, 5.74) is 5.81. The van der Waals surface area contributed by atoms with Crippen LogP contribution >= 0.6 is 11.8 Å². The van der Waals surface area contributed by atoms with Gasteiger partial charge in [0.1, 0.15) is 5.75 Å². The maximum Gasteiger partial charge on any atom is 0.238 e. The first-order valence-electron chi connectivity index (χ1n) is 8.05. The van der Waals surface area contributed by atoms with E-state index in [1.165, 1.54) is 23.9 Å². The van der Waals surface area contributed by atoms with Gasteiger partial charge in [0.2, 0.25) is 15.9 Å². The van der Waals surface area contributed by atoms with Crippen LogP contribution in [0, 0.1) is 5.41 Å². The Morgan fingerprint density at radius 2 is 2.04 bits per heavy atom. The van der Waals surface area contributed by atoms with E-state index in [0.717, 1.165) is 19.5 Å². The highest BCUT2D eigenvalue weighted by Crippen LogP contribution is 2.28. The Kier molecular flexibility index (Phi) is 6.72. The molecule has 1 aromatic rings. The lowest BCUT2D eigenvalue weighted by atomic mass is 9.90. The van der Waals surface area contributed by atoms with E-state index >= 15 is 0 Å². The van der Waals surface area contributed by atoms with Gasteiger partial charge in [0, 0.05) is 18.8 Å². The van der Waals surface area contributed by atoms with Crippen LogP contribution in [0.3, 0.4) is 0 Å². The van der Waals surface area contributed by atoms with E-state index in [4.69, 9.17) is 15.6 Å². The number of hydrogen-bond acceptors (Lipinski definition) is 6. The second-order valence-corrected chi connectivity index (χ2v) is 9.16. The Balaban J connectivity index is 1.66. The first kappa shape index (κ1) is 20.0. The maximum atomic E-state index is 12.2. The van der Waals surface area contributed by atoms with Crippen LogP contribution in [0.25, 0.3) is 0 Å². The number of thioether (sulfide) groups is 1. The predicted molar refractivity (Wildman–Crippen MR) is 99.0 cm³/mol. The van der Waals surface area contributed by atoms with Crippen molar-refractivity contribution in [3.8, 4) is 5.75 Å². The monoisotopic (exact) mass is 387 g/mol. The molecule has 1 aliphatic rings. The van der Waals surface area contributed by atoms with Crippen LogP contribution in [-0.2, 0) is 14.8 Å². The van der Waals surface area contributed by atoms with Gasteiger partial charge in [-0.25, -0.2) is 13.6 Å². The SMILES string of the molecule is CC1(CN)CCN(C(=O)CSCCOc2ccc(S(N)(=O)=O)cc2)C1. The standard InChI is InChI=1S/C16H25N3O4S2/c1-16(11-17)6-7-19(12-16)15(20)10-24-9-8-23-13-2-4-14(5-3-13)25(18,21)22/h2-5H,6-12,17H2,1H3,(H2,18,21,22). The molecule has 0 aromatic heterocycles. The van der Waals surface area contributed by atoms with Gasteiger partial charge in [-0.05, 0) is 42.6 Å². The van der Waals surface area contributed by atoms with E-state index in [9.17, 15) is 13.2 Å². The summed E-state index contributed by atoms with van der Waals surface area (Å²) >= 11 is 1.52. The summed E-state index contributed by atoms with van der Waals surface area (Å²) in [7, 11) is -3.69. The third-order valence-corrected chi connectivity index (χ3v) is 6.11. The normalized spacial score (nSPS) is 20.7. The van der Waals surface area contributed by atoms with E-state index in [-0.39, 0.29) is 16.2 Å². The van der Waals surface area contributed by atoms with Crippen LogP contribution in [0.1, 0.15) is 13.3 Å². The van der Waals surface area contributed by atoms with Crippen LogP contribution in [0.2, 0.25) is 0 Å². The zero-order valence-corrected chi connectivity index (χ0v) is 15.9. The zero-order chi connectivity index (χ0) is 18.5. The van der Waals surface area contributed by atoms with Gasteiger partial charge in [0.05, 0.1) is 17.3 Å². The quantitative estimate of drug-likeness (QED) is 0.633. The van der Waals surface area contributed by atoms with E-state index in [1.54, 1.807) is 12.1 Å². The number of likely N-dealkylation sites (tertiary alicyclic amines) is 1. The Morgan fingerprint density at radius 3 is 2.60 bits per heavy atom. The molecule has 1 aliphatic heterocycles. The van der Waals surface area contributed by atoms with Crippen molar-refractivity contribution in [2.45, 2.75) is 18.2 Å². The van der Waals surface area contributed by atoms with Crippen molar-refractivity contribution in [3.05, 3.63) is 24.3 Å². The molecule has 0 spiro atoms. The summed E-state index contributed by atoms with van der Waals surface area (Å²) in [4.78, 5) is 14.1. The molecule has 0 bridgehead atoms. The third-order valence-electron chi connectivity index (χ3n) is 4.28. The number of rotatable bonds is 8. The van der Waals surface area contributed by atoms with Gasteiger partial charge in [0.15, 0.2) is 0 Å². The number of carbonyl (C=O) groups excluding carboxylic acids is 1. The number of nitrogens with zero attached hydrogens (tertiary/aromatic N) is 1. The van der Waals surface area contributed by atoms with Crippen LogP contribution in [0.5, 0.6) is 5.75 Å². The van der Waals surface area contributed by atoms with Crippen molar-refractivity contribution < 1.29 is 17.9 Å². The highest BCUT2D eigenvalue weighted by Gasteiger charge is 2.34. The van der Waals surface area contributed by atoms with Crippen molar-refractivity contribution in [2.24, 2.45) is 16.3 Å². The molecule has 1 atom stereocenters. The Labute approximate surface area is 153 Å². The molecule has 1 heterocycles. The summed E-state index contributed by atoms with van der Waals surface area (Å²) in [6, 6.07) is 5.94. The van der Waals surface area contributed by atoms with Crippen LogP contribution in [0.4, 0.5) is 0 Å². The fourth-order valence-electron chi connectivity index (χ4n) is 2.60. The van der Waals surface area contributed by atoms with E-state index in [0.29, 0.717) is 30.4 Å². The molecular weight excluding hydrogens is 362 g/mol. The second kappa shape index (κ2) is 8.39. The van der Waals surface area contributed by atoms with Gasteiger partial charge in [-0.3, -0.25) is 4.79 Å². The average Bonchev–Trinajstić information content (AvgIpc) is 2.97. The fourth-order valence-corrected chi connectivity index (χ4v) is 3.82. The summed E-state index contributed by atoms with van der Waals surface area (Å²) in [6.45, 7) is 4.66. The predicted octanol–water partition coefficient (Wildman–Crippen LogP) is 0.643. The number of benzene rings is 1. The third kappa shape index (κ3) is 5.88. The van der Waals surface area contributed by atoms with Crippen LogP contribution < -0.4 is 15.6 Å². The largest absolute Gasteiger partial charge is 0.493 e. The molecule has 1 fully saturated rings. The summed E-state index contributed by atoms with van der Waals surface area (Å²) in [5.74, 6) is 1.80. The first-order valence-corrected chi connectivity index (χ1v) is 10.7. The molecule has 4 N–H and O–H groups in total. The Hall–Kier alpha value is -1.29. The van der Waals surface area contributed by atoms with Gasteiger partial charge in [-0.15, -0.1) is 11.8 Å². The summed E-state index contributed by atoms with van der Waals surface area (Å²) in [6.07, 6.45) is 0.956. The lowest BCUT2D eigenvalue weighted by molar-refractivity contribution is -0.127. The number of sulfonamides is 1. The number of ether oxygens (including phenoxy) is 1. The topological polar surface area (TPSA) is 116 Å². The molecule has 9 heteroatoms. The highest BCUT2D eigenvalue weighted by molar-refractivity contribution is 7.99. The minimum Gasteiger partial charge on any atom is -0.493 e. The molecule has 0 aliphatic carbocycles. The average molecular weight is 388 g/mol. The van der Waals surface area contributed by atoms with Gasteiger partial charge >= 0.3 is 0 Å². The molecule has 1 unspecified atom stereocenters. The number of amides is 1. The number of carbonyl (C=O) groups is 1. The highest BCUT2D eigenvalue weighted by atomic mass is 32.2. The van der Waals surface area contributed by atoms with E-state index in [2.05, 4.69) is 6.92 Å². The van der Waals surface area contributed by atoms with Gasteiger partial charge in [0.25, 0.3) is 0 Å². The van der Waals surface area contributed by atoms with Crippen molar-refractivity contribution in [1.82, 2.24) is 4.90 Å². The second-order valence-electron chi connectivity index (χ2n) is 6.50. The lowest BCUT2D eigenvalue weighted by Gasteiger charge is -2.22. The van der Waals surface area contributed by atoms with Crippen molar-refractivity contribution in [3.63, 3.8) is 0 Å². The smallest absolute Gasteiger partial charge is 0.238 e. The van der Waals surface area contributed by atoms with Crippen molar-refractivity contribution in [1.29, 1.82) is 0 Å². The minimum atomic E-state index is -3.69. The van der Waals surface area contributed by atoms with Crippen molar-refractivity contribution >= 4 is 27.7 Å². The molecule has 0 saturated carbocycles. The molecule has 1 aromatic carbocycles. The lowest BCUT2D eigenvalue weighted by Crippen LogP contribution is -2.35. The molecular formula is C16H25N3O4S2.